The monoisotopic (exact) mass is 245 g/mol. The highest BCUT2D eigenvalue weighted by Gasteiger charge is 2.09. The van der Waals surface area contributed by atoms with Crippen molar-refractivity contribution in [3.8, 4) is 17.0 Å². The van der Waals surface area contributed by atoms with Crippen molar-refractivity contribution < 1.29 is 4.74 Å². The Kier molecular flexibility index (Phi) is 3.67. The van der Waals surface area contributed by atoms with E-state index in [2.05, 4.69) is 29.0 Å². The van der Waals surface area contributed by atoms with Gasteiger partial charge in [-0.15, -0.1) is 0 Å². The van der Waals surface area contributed by atoms with Crippen molar-refractivity contribution in [2.45, 2.75) is 27.3 Å². The molecule has 2 aromatic rings. The quantitative estimate of drug-likeness (QED) is 0.870. The smallest absolute Gasteiger partial charge is 0.122 e. The molecular formula is C14H19N3O. The molecule has 2 rings (SSSR count). The third kappa shape index (κ3) is 2.38. The number of nitrogens with zero attached hydrogens (tertiary/aromatic N) is 1. The summed E-state index contributed by atoms with van der Waals surface area (Å²) in [6, 6.07) is 4.19. The van der Waals surface area contributed by atoms with Crippen molar-refractivity contribution in [3.63, 3.8) is 0 Å². The number of benzene rings is 1. The fourth-order valence-corrected chi connectivity index (χ4v) is 1.99. The zero-order valence-corrected chi connectivity index (χ0v) is 11.1. The van der Waals surface area contributed by atoms with Crippen LogP contribution in [0.15, 0.2) is 18.3 Å². The first kappa shape index (κ1) is 12.6. The highest BCUT2D eigenvalue weighted by molar-refractivity contribution is 5.66. The predicted molar refractivity (Wildman–Crippen MR) is 72.6 cm³/mol. The van der Waals surface area contributed by atoms with Crippen molar-refractivity contribution in [3.05, 3.63) is 35.3 Å². The van der Waals surface area contributed by atoms with Crippen molar-refractivity contribution in [1.29, 1.82) is 0 Å². The maximum atomic E-state index is 5.59. The van der Waals surface area contributed by atoms with Gasteiger partial charge in [0.25, 0.3) is 0 Å². The molecule has 96 valence electrons. The Morgan fingerprint density at radius 2 is 2.06 bits per heavy atom. The number of nitrogens with one attached hydrogen (secondary N) is 1. The highest BCUT2D eigenvalue weighted by atomic mass is 16.5. The molecule has 1 aromatic carbocycles. The molecule has 0 aliphatic rings. The number of aryl methyl sites for hydroxylation is 2. The first-order valence-corrected chi connectivity index (χ1v) is 6.14. The summed E-state index contributed by atoms with van der Waals surface area (Å²) in [6.07, 6.45) is 1.82. The Morgan fingerprint density at radius 3 is 2.67 bits per heavy atom. The summed E-state index contributed by atoms with van der Waals surface area (Å²) < 4.78 is 5.59. The lowest BCUT2D eigenvalue weighted by molar-refractivity contribution is 0.337. The minimum atomic E-state index is 0.426. The minimum absolute atomic E-state index is 0.426. The normalized spacial score (nSPS) is 10.7. The van der Waals surface area contributed by atoms with Crippen LogP contribution >= 0.6 is 0 Å². The largest absolute Gasteiger partial charge is 0.494 e. The molecule has 0 radical (unpaired) electrons. The molecule has 4 nitrogen and oxygen atoms in total. The molecule has 0 bridgehead atoms. The van der Waals surface area contributed by atoms with E-state index in [1.165, 1.54) is 0 Å². The molecule has 0 amide bonds. The third-order valence-electron chi connectivity index (χ3n) is 2.93. The molecule has 0 aliphatic heterocycles. The van der Waals surface area contributed by atoms with E-state index >= 15 is 0 Å². The average molecular weight is 245 g/mol. The van der Waals surface area contributed by atoms with E-state index in [4.69, 9.17) is 10.5 Å². The number of imidazole rings is 1. The topological polar surface area (TPSA) is 63.9 Å². The van der Waals surface area contributed by atoms with Gasteiger partial charge >= 0.3 is 0 Å². The summed E-state index contributed by atoms with van der Waals surface area (Å²) >= 11 is 0. The van der Waals surface area contributed by atoms with Crippen LogP contribution in [0.1, 0.15) is 23.9 Å². The van der Waals surface area contributed by atoms with Crippen molar-refractivity contribution in [2.24, 2.45) is 5.73 Å². The van der Waals surface area contributed by atoms with Gasteiger partial charge < -0.3 is 15.5 Å². The number of ether oxygens (including phenoxy) is 1. The summed E-state index contributed by atoms with van der Waals surface area (Å²) in [6.45, 7) is 7.22. The van der Waals surface area contributed by atoms with Gasteiger partial charge in [0, 0.05) is 5.56 Å². The van der Waals surface area contributed by atoms with Crippen LogP contribution in [-0.4, -0.2) is 16.6 Å². The number of aromatic amines is 1. The first-order chi connectivity index (χ1) is 8.65. The van der Waals surface area contributed by atoms with Gasteiger partial charge in [-0.25, -0.2) is 4.98 Å². The number of hydrogen-bond acceptors (Lipinski definition) is 3. The Bertz CT molecular complexity index is 546. The molecule has 0 fully saturated rings. The molecular weight excluding hydrogens is 226 g/mol. The van der Waals surface area contributed by atoms with Crippen LogP contribution in [0.2, 0.25) is 0 Å². The molecule has 0 atom stereocenters. The average Bonchev–Trinajstić information content (AvgIpc) is 2.82. The third-order valence-corrected chi connectivity index (χ3v) is 2.93. The number of nitrogens with two attached hydrogens (primary N) is 1. The van der Waals surface area contributed by atoms with Gasteiger partial charge in [0.05, 0.1) is 25.0 Å². The molecule has 0 aliphatic carbocycles. The SMILES string of the molecule is CCOc1cc(C)c(-c2cnc(CN)[nH]2)cc1C. The van der Waals surface area contributed by atoms with Gasteiger partial charge in [-0.2, -0.15) is 0 Å². The summed E-state index contributed by atoms with van der Waals surface area (Å²) in [4.78, 5) is 7.45. The lowest BCUT2D eigenvalue weighted by Gasteiger charge is -2.11. The van der Waals surface area contributed by atoms with E-state index < -0.39 is 0 Å². The zero-order chi connectivity index (χ0) is 13.1. The van der Waals surface area contributed by atoms with Crippen molar-refractivity contribution in [1.82, 2.24) is 9.97 Å². The lowest BCUT2D eigenvalue weighted by atomic mass is 10.0. The molecule has 1 heterocycles. The second-order valence-corrected chi connectivity index (χ2v) is 4.31. The Balaban J connectivity index is 2.42. The van der Waals surface area contributed by atoms with E-state index in [0.717, 1.165) is 34.0 Å². The molecule has 0 saturated heterocycles. The van der Waals surface area contributed by atoms with E-state index in [1.54, 1.807) is 0 Å². The number of rotatable bonds is 4. The molecule has 1 aromatic heterocycles. The van der Waals surface area contributed by atoms with Crippen LogP contribution in [0.3, 0.4) is 0 Å². The van der Waals surface area contributed by atoms with Gasteiger partial charge in [-0.3, -0.25) is 0 Å². The second-order valence-electron chi connectivity index (χ2n) is 4.31. The maximum absolute atomic E-state index is 5.59. The van der Waals surface area contributed by atoms with Crippen molar-refractivity contribution in [2.75, 3.05) is 6.61 Å². The van der Waals surface area contributed by atoms with Gasteiger partial charge in [-0.05, 0) is 44.0 Å². The highest BCUT2D eigenvalue weighted by Crippen LogP contribution is 2.29. The second kappa shape index (κ2) is 5.23. The van der Waals surface area contributed by atoms with E-state index in [1.807, 2.05) is 20.0 Å². The fourth-order valence-electron chi connectivity index (χ4n) is 1.99. The Morgan fingerprint density at radius 1 is 1.28 bits per heavy atom. The number of hydrogen-bond donors (Lipinski definition) is 2. The molecule has 0 spiro atoms. The van der Waals surface area contributed by atoms with Crippen LogP contribution in [0.5, 0.6) is 5.75 Å². The summed E-state index contributed by atoms with van der Waals surface area (Å²) in [5.74, 6) is 1.74. The Labute approximate surface area is 107 Å². The van der Waals surface area contributed by atoms with Gasteiger partial charge in [0.15, 0.2) is 0 Å². The van der Waals surface area contributed by atoms with Crippen molar-refractivity contribution >= 4 is 0 Å². The van der Waals surface area contributed by atoms with Gasteiger partial charge in [0.2, 0.25) is 0 Å². The number of aromatic nitrogens is 2. The molecule has 18 heavy (non-hydrogen) atoms. The zero-order valence-electron chi connectivity index (χ0n) is 11.1. The van der Waals surface area contributed by atoms with Crippen LogP contribution in [-0.2, 0) is 6.54 Å². The Hall–Kier alpha value is -1.81. The summed E-state index contributed by atoms with van der Waals surface area (Å²) in [7, 11) is 0. The van der Waals surface area contributed by atoms with Gasteiger partial charge in [0.1, 0.15) is 11.6 Å². The van der Waals surface area contributed by atoms with Crippen LogP contribution in [0.4, 0.5) is 0 Å². The minimum Gasteiger partial charge on any atom is -0.494 e. The molecule has 3 N–H and O–H groups in total. The summed E-state index contributed by atoms with van der Waals surface area (Å²) in [5, 5.41) is 0. The van der Waals surface area contributed by atoms with Gasteiger partial charge in [-0.1, -0.05) is 0 Å². The maximum Gasteiger partial charge on any atom is 0.122 e. The van der Waals surface area contributed by atoms with E-state index in [9.17, 15) is 0 Å². The van der Waals surface area contributed by atoms with Crippen LogP contribution in [0.25, 0.3) is 11.3 Å². The predicted octanol–water partition coefficient (Wildman–Crippen LogP) is 2.55. The lowest BCUT2D eigenvalue weighted by Crippen LogP contribution is -1.98. The van der Waals surface area contributed by atoms with E-state index in [-0.39, 0.29) is 0 Å². The molecule has 0 saturated carbocycles. The van der Waals surface area contributed by atoms with Crippen LogP contribution < -0.4 is 10.5 Å². The fraction of sp³-hybridized carbons (Fsp3) is 0.357. The summed E-state index contributed by atoms with van der Waals surface area (Å²) in [5.41, 5.74) is 9.99. The first-order valence-electron chi connectivity index (χ1n) is 6.14. The molecule has 0 unspecified atom stereocenters. The van der Waals surface area contributed by atoms with E-state index in [0.29, 0.717) is 13.2 Å². The van der Waals surface area contributed by atoms with Crippen LogP contribution in [0, 0.1) is 13.8 Å². The molecule has 4 heteroatoms. The number of H-pyrrole nitrogens is 1. The standard InChI is InChI=1S/C14H19N3O/c1-4-18-13-6-9(2)11(5-10(13)3)12-8-16-14(7-15)17-12/h5-6,8H,4,7,15H2,1-3H3,(H,16,17).